The maximum absolute atomic E-state index is 12.4. The Balaban J connectivity index is 1.91. The molecule has 0 amide bonds. The second kappa shape index (κ2) is 10.2. The topological polar surface area (TPSA) is 44.1 Å². The minimum atomic E-state index is -0.393. The van der Waals surface area contributed by atoms with Crippen LogP contribution in [0.3, 0.4) is 0 Å². The zero-order valence-electron chi connectivity index (χ0n) is 16.6. The summed E-state index contributed by atoms with van der Waals surface area (Å²) in [6.45, 7) is 8.75. The molecule has 1 aromatic carbocycles. The lowest BCUT2D eigenvalue weighted by Crippen LogP contribution is -2.36. The highest BCUT2D eigenvalue weighted by Gasteiger charge is 2.19. The van der Waals surface area contributed by atoms with Gasteiger partial charge in [0.1, 0.15) is 10.8 Å². The second-order valence-corrected chi connectivity index (χ2v) is 8.95. The lowest BCUT2D eigenvalue weighted by molar-refractivity contribution is 0.305. The summed E-state index contributed by atoms with van der Waals surface area (Å²) in [5, 5.41) is 4.50. The summed E-state index contributed by atoms with van der Waals surface area (Å²) in [5.41, 5.74) is 0.506. The number of hydrogen-bond donors (Lipinski definition) is 0. The predicted molar refractivity (Wildman–Crippen MR) is 114 cm³/mol. The molecule has 0 fully saturated rings. The number of nitrogens with zero attached hydrogens (tertiary/aromatic N) is 2. The van der Waals surface area contributed by atoms with E-state index >= 15 is 0 Å². The Bertz CT molecular complexity index is 782. The van der Waals surface area contributed by atoms with E-state index in [4.69, 9.17) is 16.3 Å². The number of aromatic nitrogens is 2. The maximum Gasteiger partial charge on any atom is 0.287 e. The summed E-state index contributed by atoms with van der Waals surface area (Å²) in [6.07, 6.45) is 6.48. The SMILES string of the molecule is CCCCCCOc1ccc(CSc2cnn(C(C)(C)C)c(=O)c2Cl)cc1. The van der Waals surface area contributed by atoms with Crippen LogP contribution in [0.25, 0.3) is 0 Å². The van der Waals surface area contributed by atoms with Crippen LogP contribution in [-0.4, -0.2) is 16.4 Å². The van der Waals surface area contributed by atoms with E-state index in [1.54, 1.807) is 6.20 Å². The van der Waals surface area contributed by atoms with Gasteiger partial charge in [0.25, 0.3) is 5.56 Å². The van der Waals surface area contributed by atoms with E-state index < -0.39 is 5.54 Å². The monoisotopic (exact) mass is 408 g/mol. The molecular weight excluding hydrogens is 380 g/mol. The quantitative estimate of drug-likeness (QED) is 0.382. The molecule has 0 saturated carbocycles. The van der Waals surface area contributed by atoms with Crippen molar-refractivity contribution >= 4 is 23.4 Å². The summed E-state index contributed by atoms with van der Waals surface area (Å²) in [5.74, 6) is 1.62. The van der Waals surface area contributed by atoms with Crippen LogP contribution in [-0.2, 0) is 11.3 Å². The zero-order chi connectivity index (χ0) is 19.9. The molecule has 0 spiro atoms. The molecule has 0 radical (unpaired) electrons. The smallest absolute Gasteiger partial charge is 0.287 e. The number of halogens is 1. The van der Waals surface area contributed by atoms with Gasteiger partial charge in [-0.2, -0.15) is 5.10 Å². The third-order valence-corrected chi connectivity index (χ3v) is 5.68. The van der Waals surface area contributed by atoms with Crippen LogP contribution in [0.5, 0.6) is 5.75 Å². The van der Waals surface area contributed by atoms with E-state index in [1.807, 2.05) is 45.0 Å². The van der Waals surface area contributed by atoms with E-state index in [9.17, 15) is 4.79 Å². The van der Waals surface area contributed by atoms with Crippen molar-refractivity contribution in [3.63, 3.8) is 0 Å². The fourth-order valence-electron chi connectivity index (χ4n) is 2.56. The average Bonchev–Trinajstić information content (AvgIpc) is 2.63. The van der Waals surface area contributed by atoms with Gasteiger partial charge in [0.15, 0.2) is 0 Å². The van der Waals surface area contributed by atoms with Gasteiger partial charge in [0, 0.05) is 5.75 Å². The third-order valence-electron chi connectivity index (χ3n) is 4.11. The van der Waals surface area contributed by atoms with Gasteiger partial charge in [-0.1, -0.05) is 49.9 Å². The van der Waals surface area contributed by atoms with Gasteiger partial charge in [-0.05, 0) is 44.9 Å². The van der Waals surface area contributed by atoms with Gasteiger partial charge in [-0.15, -0.1) is 11.8 Å². The van der Waals surface area contributed by atoms with Crippen LogP contribution < -0.4 is 10.3 Å². The Hall–Kier alpha value is -1.46. The van der Waals surface area contributed by atoms with Crippen molar-refractivity contribution in [3.8, 4) is 5.75 Å². The first-order valence-electron chi connectivity index (χ1n) is 9.45. The molecule has 6 heteroatoms. The van der Waals surface area contributed by atoms with Gasteiger partial charge in [-0.25, -0.2) is 4.68 Å². The van der Waals surface area contributed by atoms with Crippen molar-refractivity contribution in [1.29, 1.82) is 0 Å². The van der Waals surface area contributed by atoms with E-state index in [-0.39, 0.29) is 10.6 Å². The van der Waals surface area contributed by atoms with Gasteiger partial charge in [0.05, 0.1) is 23.2 Å². The number of rotatable bonds is 9. The summed E-state index contributed by atoms with van der Waals surface area (Å²) in [6, 6.07) is 8.08. The minimum Gasteiger partial charge on any atom is -0.494 e. The predicted octanol–water partition coefficient (Wildman–Crippen LogP) is 5.90. The Kier molecular flexibility index (Phi) is 8.24. The van der Waals surface area contributed by atoms with Crippen LogP contribution in [0, 0.1) is 0 Å². The van der Waals surface area contributed by atoms with Crippen molar-refractivity contribution in [3.05, 3.63) is 51.4 Å². The Morgan fingerprint density at radius 3 is 2.48 bits per heavy atom. The van der Waals surface area contributed by atoms with Crippen LogP contribution >= 0.6 is 23.4 Å². The molecule has 0 aliphatic carbocycles. The molecule has 0 aliphatic heterocycles. The molecule has 0 atom stereocenters. The molecule has 2 aromatic rings. The number of unbranched alkanes of at least 4 members (excludes halogenated alkanes) is 3. The first-order valence-corrected chi connectivity index (χ1v) is 10.8. The largest absolute Gasteiger partial charge is 0.494 e. The number of hydrogen-bond acceptors (Lipinski definition) is 4. The molecule has 0 unspecified atom stereocenters. The fraction of sp³-hybridized carbons (Fsp3) is 0.524. The van der Waals surface area contributed by atoms with Gasteiger partial charge in [-0.3, -0.25) is 4.79 Å². The lowest BCUT2D eigenvalue weighted by atomic mass is 10.1. The van der Waals surface area contributed by atoms with Gasteiger partial charge >= 0.3 is 0 Å². The zero-order valence-corrected chi connectivity index (χ0v) is 18.2. The molecule has 0 N–H and O–H groups in total. The summed E-state index contributed by atoms with van der Waals surface area (Å²) >= 11 is 7.79. The molecule has 27 heavy (non-hydrogen) atoms. The molecule has 148 valence electrons. The Morgan fingerprint density at radius 2 is 1.85 bits per heavy atom. The standard InChI is InChI=1S/C21H29ClN2O2S/c1-5-6-7-8-13-26-17-11-9-16(10-12-17)15-27-18-14-23-24(21(2,3)4)20(25)19(18)22/h9-12,14H,5-8,13,15H2,1-4H3. The van der Waals surface area contributed by atoms with Crippen molar-refractivity contribution < 1.29 is 4.74 Å². The maximum atomic E-state index is 12.4. The number of thioether (sulfide) groups is 1. The van der Waals surface area contributed by atoms with Crippen molar-refractivity contribution in [1.82, 2.24) is 9.78 Å². The highest BCUT2D eigenvalue weighted by Crippen LogP contribution is 2.28. The average molecular weight is 409 g/mol. The fourth-order valence-corrected chi connectivity index (χ4v) is 3.70. The minimum absolute atomic E-state index is 0.233. The number of benzene rings is 1. The van der Waals surface area contributed by atoms with Crippen LogP contribution in [0.15, 0.2) is 40.2 Å². The Labute approximate surface area is 171 Å². The first-order chi connectivity index (χ1) is 12.8. The second-order valence-electron chi connectivity index (χ2n) is 7.55. The van der Waals surface area contributed by atoms with Crippen molar-refractivity contribution in [2.75, 3.05) is 6.61 Å². The third kappa shape index (κ3) is 6.58. The highest BCUT2D eigenvalue weighted by atomic mass is 35.5. The molecule has 0 bridgehead atoms. The molecule has 1 aromatic heterocycles. The molecule has 4 nitrogen and oxygen atoms in total. The van der Waals surface area contributed by atoms with E-state index in [2.05, 4.69) is 12.0 Å². The summed E-state index contributed by atoms with van der Waals surface area (Å²) in [4.78, 5) is 13.1. The molecule has 0 saturated heterocycles. The molecule has 1 heterocycles. The lowest BCUT2D eigenvalue weighted by Gasteiger charge is -2.21. The van der Waals surface area contributed by atoms with E-state index in [1.165, 1.54) is 35.7 Å². The molecule has 2 rings (SSSR count). The highest BCUT2D eigenvalue weighted by molar-refractivity contribution is 7.98. The van der Waals surface area contributed by atoms with Crippen LogP contribution in [0.2, 0.25) is 5.02 Å². The van der Waals surface area contributed by atoms with Crippen molar-refractivity contribution in [2.45, 2.75) is 69.6 Å². The van der Waals surface area contributed by atoms with E-state index in [0.717, 1.165) is 30.1 Å². The first kappa shape index (κ1) is 21.8. The molecule has 0 aliphatic rings. The van der Waals surface area contributed by atoms with Gasteiger partial charge < -0.3 is 4.74 Å². The van der Waals surface area contributed by atoms with Crippen molar-refractivity contribution in [2.24, 2.45) is 0 Å². The number of ether oxygens (including phenoxy) is 1. The van der Waals surface area contributed by atoms with Gasteiger partial charge in [0.2, 0.25) is 0 Å². The molecular formula is C21H29ClN2O2S. The summed E-state index contributed by atoms with van der Waals surface area (Å²) < 4.78 is 7.19. The summed E-state index contributed by atoms with van der Waals surface area (Å²) in [7, 11) is 0. The van der Waals surface area contributed by atoms with Crippen LogP contribution in [0.1, 0.15) is 58.9 Å². The normalized spacial score (nSPS) is 11.6. The van der Waals surface area contributed by atoms with E-state index in [0.29, 0.717) is 4.90 Å². The van der Waals surface area contributed by atoms with Crippen LogP contribution in [0.4, 0.5) is 0 Å². The Morgan fingerprint density at radius 1 is 1.15 bits per heavy atom.